The van der Waals surface area contributed by atoms with Crippen LogP contribution in [0.15, 0.2) is 24.3 Å². The molecule has 1 aromatic carbocycles. The zero-order valence-electron chi connectivity index (χ0n) is 12.8. The zero-order valence-corrected chi connectivity index (χ0v) is 12.8. The maximum atomic E-state index is 11.9. The van der Waals surface area contributed by atoms with Gasteiger partial charge in [0.25, 0.3) is 0 Å². The maximum Gasteiger partial charge on any atom is 0.408 e. The molecule has 2 amide bonds. The molecule has 1 atom stereocenters. The summed E-state index contributed by atoms with van der Waals surface area (Å²) in [7, 11) is 1.50. The van der Waals surface area contributed by atoms with Crippen LogP contribution in [0.3, 0.4) is 0 Å². The molecule has 21 heavy (non-hydrogen) atoms. The van der Waals surface area contributed by atoms with E-state index in [0.29, 0.717) is 6.42 Å². The third kappa shape index (κ3) is 6.16. The first-order valence-corrected chi connectivity index (χ1v) is 6.70. The smallest absolute Gasteiger partial charge is 0.408 e. The average Bonchev–Trinajstić information content (AvgIpc) is 2.37. The van der Waals surface area contributed by atoms with Crippen molar-refractivity contribution in [1.29, 1.82) is 0 Å². The Morgan fingerprint density at radius 2 is 1.81 bits per heavy atom. The minimum Gasteiger partial charge on any atom is -0.508 e. The van der Waals surface area contributed by atoms with Crippen LogP contribution in [0.2, 0.25) is 0 Å². The number of carbonyl (C=O) groups is 2. The Morgan fingerprint density at radius 3 is 2.29 bits per heavy atom. The van der Waals surface area contributed by atoms with E-state index in [1.165, 1.54) is 19.2 Å². The molecule has 0 heterocycles. The molecule has 6 nitrogen and oxygen atoms in total. The molecule has 6 heteroatoms. The van der Waals surface area contributed by atoms with Gasteiger partial charge in [-0.3, -0.25) is 4.79 Å². The number of hydrogen-bond donors (Lipinski definition) is 3. The number of hydrogen-bond acceptors (Lipinski definition) is 4. The molecule has 0 aromatic heterocycles. The van der Waals surface area contributed by atoms with Gasteiger partial charge < -0.3 is 20.5 Å². The predicted octanol–water partition coefficient (Wildman–Crippen LogP) is 1.57. The normalized spacial score (nSPS) is 12.4. The lowest BCUT2D eigenvalue weighted by Gasteiger charge is -2.23. The van der Waals surface area contributed by atoms with Crippen LogP contribution in [-0.2, 0) is 16.0 Å². The van der Waals surface area contributed by atoms with Crippen molar-refractivity contribution in [2.45, 2.75) is 38.8 Å². The number of phenolic OH excluding ortho intramolecular Hbond substituents is 1. The third-order valence-corrected chi connectivity index (χ3v) is 2.63. The number of aromatic hydroxyl groups is 1. The van der Waals surface area contributed by atoms with Gasteiger partial charge >= 0.3 is 6.09 Å². The molecule has 0 aliphatic carbocycles. The molecule has 0 unspecified atom stereocenters. The molecule has 0 aliphatic rings. The summed E-state index contributed by atoms with van der Waals surface area (Å²) in [6, 6.07) is 5.71. The minimum atomic E-state index is -0.741. The van der Waals surface area contributed by atoms with Crippen molar-refractivity contribution < 1.29 is 19.4 Å². The fraction of sp³-hybridized carbons (Fsp3) is 0.467. The number of rotatable bonds is 4. The summed E-state index contributed by atoms with van der Waals surface area (Å²) in [6.45, 7) is 5.25. The van der Waals surface area contributed by atoms with E-state index in [0.717, 1.165) is 5.56 Å². The molecule has 0 fully saturated rings. The molecule has 0 bridgehead atoms. The molecular formula is C15H22N2O4. The molecule has 0 saturated carbocycles. The zero-order chi connectivity index (χ0) is 16.0. The Morgan fingerprint density at radius 1 is 1.24 bits per heavy atom. The first-order valence-electron chi connectivity index (χ1n) is 6.70. The SMILES string of the molecule is CNC(=O)[C@H](Cc1ccc(O)cc1)NC(=O)OC(C)(C)C. The number of carbonyl (C=O) groups excluding carboxylic acids is 2. The molecule has 0 radical (unpaired) electrons. The van der Waals surface area contributed by atoms with Crippen LogP contribution in [0, 0.1) is 0 Å². The number of benzene rings is 1. The van der Waals surface area contributed by atoms with Crippen LogP contribution >= 0.6 is 0 Å². The predicted molar refractivity (Wildman–Crippen MR) is 79.0 cm³/mol. The second-order valence-electron chi connectivity index (χ2n) is 5.68. The number of ether oxygens (including phenoxy) is 1. The van der Waals surface area contributed by atoms with E-state index < -0.39 is 17.7 Å². The Bertz CT molecular complexity index is 491. The van der Waals surface area contributed by atoms with E-state index in [9.17, 15) is 14.7 Å². The first-order chi connectivity index (χ1) is 9.71. The number of alkyl carbamates (subject to hydrolysis) is 1. The summed E-state index contributed by atoms with van der Waals surface area (Å²) in [5.41, 5.74) is 0.188. The van der Waals surface area contributed by atoms with Crippen molar-refractivity contribution in [3.8, 4) is 5.75 Å². The van der Waals surface area contributed by atoms with Crippen LogP contribution < -0.4 is 10.6 Å². The summed E-state index contributed by atoms with van der Waals surface area (Å²) in [6.07, 6.45) is -0.339. The Labute approximate surface area is 124 Å². The van der Waals surface area contributed by atoms with Crippen molar-refractivity contribution in [1.82, 2.24) is 10.6 Å². The standard InChI is InChI=1S/C15H22N2O4/c1-15(2,3)21-14(20)17-12(13(19)16-4)9-10-5-7-11(18)8-6-10/h5-8,12,18H,9H2,1-4H3,(H,16,19)(H,17,20)/t12-/m0/s1. The topological polar surface area (TPSA) is 87.7 Å². The maximum absolute atomic E-state index is 11.9. The molecule has 0 saturated heterocycles. The molecule has 0 spiro atoms. The van der Waals surface area contributed by atoms with Gasteiger partial charge in [-0.05, 0) is 38.5 Å². The lowest BCUT2D eigenvalue weighted by atomic mass is 10.1. The highest BCUT2D eigenvalue weighted by Crippen LogP contribution is 2.12. The number of nitrogens with one attached hydrogen (secondary N) is 2. The van der Waals surface area contributed by atoms with Crippen LogP contribution in [0.1, 0.15) is 26.3 Å². The second-order valence-corrected chi connectivity index (χ2v) is 5.68. The van der Waals surface area contributed by atoms with Crippen molar-refractivity contribution in [2.75, 3.05) is 7.05 Å². The summed E-state index contributed by atoms with van der Waals surface area (Å²) < 4.78 is 5.15. The highest BCUT2D eigenvalue weighted by Gasteiger charge is 2.23. The summed E-state index contributed by atoms with van der Waals surface area (Å²) in [4.78, 5) is 23.6. The first kappa shape index (κ1) is 16.8. The fourth-order valence-corrected chi connectivity index (χ4v) is 1.70. The second kappa shape index (κ2) is 6.97. The van der Waals surface area contributed by atoms with Crippen LogP contribution in [-0.4, -0.2) is 35.8 Å². The fourth-order valence-electron chi connectivity index (χ4n) is 1.70. The Balaban J connectivity index is 2.74. The van der Waals surface area contributed by atoms with E-state index in [-0.39, 0.29) is 11.7 Å². The van der Waals surface area contributed by atoms with Crippen molar-refractivity contribution in [3.05, 3.63) is 29.8 Å². The van der Waals surface area contributed by atoms with E-state index in [1.807, 2.05) is 0 Å². The van der Waals surface area contributed by atoms with Gasteiger partial charge in [0.05, 0.1) is 0 Å². The summed E-state index contributed by atoms with van der Waals surface area (Å²) >= 11 is 0. The quantitative estimate of drug-likeness (QED) is 0.786. The Kier molecular flexibility index (Phi) is 5.58. The molecule has 0 aliphatic heterocycles. The molecule has 3 N–H and O–H groups in total. The van der Waals surface area contributed by atoms with E-state index in [2.05, 4.69) is 10.6 Å². The van der Waals surface area contributed by atoms with Crippen molar-refractivity contribution in [3.63, 3.8) is 0 Å². The molecular weight excluding hydrogens is 272 g/mol. The minimum absolute atomic E-state index is 0.148. The van der Waals surface area contributed by atoms with Gasteiger partial charge in [-0.1, -0.05) is 12.1 Å². The van der Waals surface area contributed by atoms with Gasteiger partial charge in [-0.25, -0.2) is 4.79 Å². The number of amides is 2. The van der Waals surface area contributed by atoms with E-state index in [4.69, 9.17) is 4.74 Å². The number of likely N-dealkylation sites (N-methyl/N-ethyl adjacent to an activating group) is 1. The highest BCUT2D eigenvalue weighted by atomic mass is 16.6. The third-order valence-electron chi connectivity index (χ3n) is 2.63. The molecule has 1 rings (SSSR count). The van der Waals surface area contributed by atoms with Crippen LogP contribution in [0.5, 0.6) is 5.75 Å². The van der Waals surface area contributed by atoms with Gasteiger partial charge in [-0.2, -0.15) is 0 Å². The Hall–Kier alpha value is -2.24. The lowest BCUT2D eigenvalue weighted by Crippen LogP contribution is -2.48. The van der Waals surface area contributed by atoms with Gasteiger partial charge in [0.2, 0.25) is 5.91 Å². The van der Waals surface area contributed by atoms with Gasteiger partial charge in [-0.15, -0.1) is 0 Å². The summed E-state index contributed by atoms with van der Waals surface area (Å²) in [5, 5.41) is 14.3. The van der Waals surface area contributed by atoms with Crippen molar-refractivity contribution >= 4 is 12.0 Å². The number of phenols is 1. The molecule has 116 valence electrons. The van der Waals surface area contributed by atoms with E-state index >= 15 is 0 Å². The van der Waals surface area contributed by atoms with E-state index in [1.54, 1.807) is 32.9 Å². The van der Waals surface area contributed by atoms with Gasteiger partial charge in [0.15, 0.2) is 0 Å². The van der Waals surface area contributed by atoms with Gasteiger partial charge in [0.1, 0.15) is 17.4 Å². The highest BCUT2D eigenvalue weighted by molar-refractivity contribution is 5.85. The lowest BCUT2D eigenvalue weighted by molar-refractivity contribution is -0.122. The summed E-state index contributed by atoms with van der Waals surface area (Å²) in [5.74, 6) is -0.163. The largest absolute Gasteiger partial charge is 0.508 e. The van der Waals surface area contributed by atoms with Crippen molar-refractivity contribution in [2.24, 2.45) is 0 Å². The van der Waals surface area contributed by atoms with Gasteiger partial charge in [0, 0.05) is 13.5 Å². The van der Waals surface area contributed by atoms with Crippen LogP contribution in [0.25, 0.3) is 0 Å². The molecule has 1 aromatic rings. The monoisotopic (exact) mass is 294 g/mol. The van der Waals surface area contributed by atoms with Crippen LogP contribution in [0.4, 0.5) is 4.79 Å². The average molecular weight is 294 g/mol.